The fraction of sp³-hybridized carbons (Fsp3) is 0.278. The van der Waals surface area contributed by atoms with Gasteiger partial charge in [0.1, 0.15) is 11.5 Å². The second-order valence-corrected chi connectivity index (χ2v) is 8.36. The Bertz CT molecular complexity index is 878. The molecule has 0 radical (unpaired) electrons. The lowest BCUT2D eigenvalue weighted by molar-refractivity contribution is 0.414. The summed E-state index contributed by atoms with van der Waals surface area (Å²) in [6.45, 7) is 0.618. The summed E-state index contributed by atoms with van der Waals surface area (Å²) in [7, 11) is -0.699. The van der Waals surface area contributed by atoms with Crippen molar-refractivity contribution in [2.24, 2.45) is 4.99 Å². The van der Waals surface area contributed by atoms with Gasteiger partial charge in [0, 0.05) is 12.3 Å². The number of methoxy groups -OCH3 is 2. The molecule has 1 heterocycles. The third-order valence-corrected chi connectivity index (χ3v) is 6.77. The molecule has 2 aromatic rings. The molecule has 0 fully saturated rings. The van der Waals surface area contributed by atoms with Crippen LogP contribution in [0.15, 0.2) is 58.4 Å². The summed E-state index contributed by atoms with van der Waals surface area (Å²) < 4.78 is 38.3. The van der Waals surface area contributed by atoms with E-state index in [0.717, 1.165) is 12.2 Å². The van der Waals surface area contributed by atoms with E-state index >= 15 is 0 Å². The van der Waals surface area contributed by atoms with Crippen LogP contribution in [0.25, 0.3) is 0 Å². The third-order valence-electron chi connectivity index (χ3n) is 3.86. The molecule has 0 unspecified atom stereocenters. The average molecular weight is 393 g/mol. The molecule has 0 aromatic heterocycles. The molecule has 0 spiro atoms. The summed E-state index contributed by atoms with van der Waals surface area (Å²) in [4.78, 5) is 4.63. The third kappa shape index (κ3) is 3.81. The van der Waals surface area contributed by atoms with Gasteiger partial charge < -0.3 is 9.47 Å². The van der Waals surface area contributed by atoms with E-state index in [-0.39, 0.29) is 4.90 Å². The number of hydrogen-bond donors (Lipinski definition) is 0. The lowest BCUT2D eigenvalue weighted by Gasteiger charge is -2.27. The average Bonchev–Trinajstić information content (AvgIpc) is 2.69. The standard InChI is InChI=1S/C18H20N2O4S2/c1-23-15-6-4-14(5-7-15)20(18-19-12-3-13-25-18)26(21,22)17-10-8-16(24-2)9-11-17/h4-11H,3,12-13H2,1-2H3. The van der Waals surface area contributed by atoms with Gasteiger partial charge in [-0.2, -0.15) is 0 Å². The number of anilines is 1. The molecule has 8 heteroatoms. The first-order valence-corrected chi connectivity index (χ1v) is 10.5. The Morgan fingerprint density at radius 2 is 1.54 bits per heavy atom. The van der Waals surface area contributed by atoms with Gasteiger partial charge in [-0.3, -0.25) is 4.99 Å². The SMILES string of the molecule is COc1ccc(N(C2=NCCCS2)S(=O)(=O)c2ccc(OC)cc2)cc1. The zero-order valence-corrected chi connectivity index (χ0v) is 16.2. The lowest BCUT2D eigenvalue weighted by atomic mass is 10.3. The maximum absolute atomic E-state index is 13.3. The largest absolute Gasteiger partial charge is 0.497 e. The van der Waals surface area contributed by atoms with Gasteiger partial charge in [-0.1, -0.05) is 11.8 Å². The topological polar surface area (TPSA) is 68.2 Å². The van der Waals surface area contributed by atoms with Gasteiger partial charge in [0.25, 0.3) is 10.0 Å². The Morgan fingerprint density at radius 1 is 0.962 bits per heavy atom. The van der Waals surface area contributed by atoms with Crippen molar-refractivity contribution in [3.63, 3.8) is 0 Å². The second kappa shape index (κ2) is 8.01. The Labute approximate surface area is 157 Å². The minimum absolute atomic E-state index is 0.183. The van der Waals surface area contributed by atoms with Crippen molar-refractivity contribution in [3.8, 4) is 11.5 Å². The van der Waals surface area contributed by atoms with E-state index in [4.69, 9.17) is 9.47 Å². The first-order valence-electron chi connectivity index (χ1n) is 8.07. The Balaban J connectivity index is 2.07. The van der Waals surface area contributed by atoms with Crippen molar-refractivity contribution in [2.45, 2.75) is 11.3 Å². The molecule has 138 valence electrons. The van der Waals surface area contributed by atoms with Gasteiger partial charge in [-0.25, -0.2) is 12.7 Å². The van der Waals surface area contributed by atoms with E-state index in [1.54, 1.807) is 62.8 Å². The lowest BCUT2D eigenvalue weighted by Crippen LogP contribution is -2.36. The molecule has 3 rings (SSSR count). The van der Waals surface area contributed by atoms with Crippen LogP contribution in [-0.2, 0) is 10.0 Å². The molecule has 1 aliphatic heterocycles. The van der Waals surface area contributed by atoms with Gasteiger partial charge in [0.05, 0.1) is 24.8 Å². The van der Waals surface area contributed by atoms with E-state index in [1.165, 1.54) is 16.1 Å². The quantitative estimate of drug-likeness (QED) is 0.780. The van der Waals surface area contributed by atoms with Gasteiger partial charge >= 0.3 is 0 Å². The molecular formula is C18H20N2O4S2. The molecule has 0 aliphatic carbocycles. The fourth-order valence-corrected chi connectivity index (χ4v) is 5.16. The monoisotopic (exact) mass is 392 g/mol. The van der Waals surface area contributed by atoms with Crippen molar-refractivity contribution < 1.29 is 17.9 Å². The van der Waals surface area contributed by atoms with Gasteiger partial charge in [-0.15, -0.1) is 0 Å². The van der Waals surface area contributed by atoms with E-state index < -0.39 is 10.0 Å². The molecule has 0 saturated carbocycles. The summed E-state index contributed by atoms with van der Waals surface area (Å²) in [6.07, 6.45) is 0.938. The molecule has 0 atom stereocenters. The van der Waals surface area contributed by atoms with Crippen LogP contribution in [0.2, 0.25) is 0 Å². The number of amidine groups is 1. The van der Waals surface area contributed by atoms with Crippen LogP contribution >= 0.6 is 11.8 Å². The number of nitrogens with zero attached hydrogens (tertiary/aromatic N) is 2. The number of ether oxygens (including phenoxy) is 2. The molecule has 1 aliphatic rings. The fourth-order valence-electron chi connectivity index (χ4n) is 2.49. The first kappa shape index (κ1) is 18.6. The van der Waals surface area contributed by atoms with E-state index in [0.29, 0.717) is 28.9 Å². The number of rotatable bonds is 5. The number of thioether (sulfide) groups is 1. The zero-order chi connectivity index (χ0) is 18.6. The van der Waals surface area contributed by atoms with Crippen molar-refractivity contribution in [1.82, 2.24) is 0 Å². The van der Waals surface area contributed by atoms with Gasteiger partial charge in [0.2, 0.25) is 0 Å². The van der Waals surface area contributed by atoms with Crippen LogP contribution in [0.3, 0.4) is 0 Å². The Kier molecular flexibility index (Phi) is 5.73. The molecule has 0 N–H and O–H groups in total. The first-order chi connectivity index (χ1) is 12.6. The molecule has 0 amide bonds. The summed E-state index contributed by atoms with van der Waals surface area (Å²) in [5.74, 6) is 2.10. The van der Waals surface area contributed by atoms with E-state index in [9.17, 15) is 8.42 Å². The molecule has 2 aromatic carbocycles. The molecule has 0 saturated heterocycles. The maximum Gasteiger partial charge on any atom is 0.270 e. The van der Waals surface area contributed by atoms with Crippen LogP contribution in [0, 0.1) is 0 Å². The predicted octanol–water partition coefficient (Wildman–Crippen LogP) is 3.39. The van der Waals surface area contributed by atoms with Crippen LogP contribution < -0.4 is 13.8 Å². The van der Waals surface area contributed by atoms with Crippen LogP contribution in [0.1, 0.15) is 6.42 Å². The van der Waals surface area contributed by atoms with Crippen molar-refractivity contribution in [1.29, 1.82) is 0 Å². The van der Waals surface area contributed by atoms with E-state index in [2.05, 4.69) is 4.99 Å². The smallest absolute Gasteiger partial charge is 0.270 e. The summed E-state index contributed by atoms with van der Waals surface area (Å²) in [5.41, 5.74) is 0.523. The van der Waals surface area contributed by atoms with E-state index in [1.807, 2.05) is 0 Å². The highest BCUT2D eigenvalue weighted by molar-refractivity contribution is 8.15. The Hall–Kier alpha value is -2.19. The normalized spacial score (nSPS) is 14.5. The zero-order valence-electron chi connectivity index (χ0n) is 14.6. The van der Waals surface area contributed by atoms with Gasteiger partial charge in [0.15, 0.2) is 5.17 Å². The number of sulfonamides is 1. The molecular weight excluding hydrogens is 372 g/mol. The van der Waals surface area contributed by atoms with Crippen LogP contribution in [0.4, 0.5) is 5.69 Å². The number of benzene rings is 2. The van der Waals surface area contributed by atoms with Crippen molar-refractivity contribution >= 4 is 32.6 Å². The highest BCUT2D eigenvalue weighted by atomic mass is 32.2. The number of hydrogen-bond acceptors (Lipinski definition) is 6. The second-order valence-electron chi connectivity index (χ2n) is 5.51. The van der Waals surface area contributed by atoms with Crippen molar-refractivity contribution in [2.75, 3.05) is 30.8 Å². The predicted molar refractivity (Wildman–Crippen MR) is 105 cm³/mol. The van der Waals surface area contributed by atoms with Crippen LogP contribution in [0.5, 0.6) is 11.5 Å². The van der Waals surface area contributed by atoms with Crippen molar-refractivity contribution in [3.05, 3.63) is 48.5 Å². The summed E-state index contributed by atoms with van der Waals surface area (Å²) >= 11 is 1.45. The number of aliphatic imine (C=N–C) groups is 1. The minimum Gasteiger partial charge on any atom is -0.497 e. The molecule has 26 heavy (non-hydrogen) atoms. The maximum atomic E-state index is 13.3. The molecule has 6 nitrogen and oxygen atoms in total. The summed E-state index contributed by atoms with van der Waals surface area (Å²) in [6, 6.07) is 13.3. The summed E-state index contributed by atoms with van der Waals surface area (Å²) in [5, 5.41) is 0.484. The Morgan fingerprint density at radius 3 is 2.04 bits per heavy atom. The van der Waals surface area contributed by atoms with Gasteiger partial charge in [-0.05, 0) is 55.0 Å². The van der Waals surface area contributed by atoms with Crippen LogP contribution in [-0.4, -0.2) is 40.1 Å². The minimum atomic E-state index is -3.81. The molecule has 0 bridgehead atoms. The highest BCUT2D eigenvalue weighted by Crippen LogP contribution is 2.31. The highest BCUT2D eigenvalue weighted by Gasteiger charge is 2.30.